The average Bonchev–Trinajstić information content (AvgIpc) is 2.89. The summed E-state index contributed by atoms with van der Waals surface area (Å²) in [6.45, 7) is 16.4. The van der Waals surface area contributed by atoms with E-state index >= 15 is 0 Å². The first-order chi connectivity index (χ1) is 15.6. The van der Waals surface area contributed by atoms with Crippen LogP contribution in [-0.2, 0) is 0 Å². The molecule has 0 heterocycles. The fourth-order valence-electron chi connectivity index (χ4n) is 3.25. The van der Waals surface area contributed by atoms with E-state index in [1.165, 1.54) is 0 Å². The fraction of sp³-hybridized carbons (Fsp3) is 0. The molecule has 0 unspecified atom stereocenters. The molecule has 0 saturated carbocycles. The molecule has 0 amide bonds. The zero-order chi connectivity index (χ0) is 22.8. The first-order valence-corrected chi connectivity index (χ1v) is 10.6. The van der Waals surface area contributed by atoms with E-state index < -0.39 is 0 Å². The molecule has 0 fully saturated rings. The van der Waals surface area contributed by atoms with Crippen LogP contribution in [0.4, 0.5) is 0 Å². The smallest absolute Gasteiger partial charge is 0.0183 e. The largest absolute Gasteiger partial charge is 0.0906 e. The van der Waals surface area contributed by atoms with Gasteiger partial charge < -0.3 is 0 Å². The maximum absolute atomic E-state index is 4.10. The molecule has 4 aromatic rings. The van der Waals surface area contributed by atoms with Crippen molar-refractivity contribution in [1.29, 1.82) is 0 Å². The van der Waals surface area contributed by atoms with Crippen LogP contribution >= 0.6 is 0 Å². The first-order valence-electron chi connectivity index (χ1n) is 10.6. The zero-order valence-corrected chi connectivity index (χ0v) is 18.4. The van der Waals surface area contributed by atoms with Gasteiger partial charge in [-0.05, 0) is 44.5 Å². The van der Waals surface area contributed by atoms with Crippen LogP contribution in [0.15, 0.2) is 148 Å². The number of hydrogen-bond acceptors (Lipinski definition) is 0. The van der Waals surface area contributed by atoms with Gasteiger partial charge in [0.25, 0.3) is 0 Å². The number of rotatable bonds is 6. The summed E-state index contributed by atoms with van der Waals surface area (Å²) in [7, 11) is 0. The summed E-state index contributed by atoms with van der Waals surface area (Å²) in [5.74, 6) is 0. The third kappa shape index (κ3) is 5.93. The molecule has 0 aliphatic heterocycles. The Hall–Kier alpha value is -4.16. The highest BCUT2D eigenvalue weighted by Gasteiger charge is 2.05. The minimum Gasteiger partial charge on any atom is -0.0906 e. The maximum atomic E-state index is 4.10. The van der Waals surface area contributed by atoms with Crippen molar-refractivity contribution in [3.05, 3.63) is 170 Å². The SMILES string of the molecule is C=C(C(=C)c1ccccc1)c1ccccc1.C=C(C(=C)c1ccccc1)c1ccccc1. The van der Waals surface area contributed by atoms with E-state index in [1.54, 1.807) is 0 Å². The van der Waals surface area contributed by atoms with Crippen molar-refractivity contribution in [2.75, 3.05) is 0 Å². The summed E-state index contributed by atoms with van der Waals surface area (Å²) >= 11 is 0. The lowest BCUT2D eigenvalue weighted by Crippen LogP contribution is -1.86. The summed E-state index contributed by atoms with van der Waals surface area (Å²) in [6, 6.07) is 40.5. The number of allylic oxidation sites excluding steroid dienone is 4. The van der Waals surface area contributed by atoms with E-state index in [2.05, 4.69) is 74.8 Å². The highest BCUT2D eigenvalue weighted by Crippen LogP contribution is 2.28. The van der Waals surface area contributed by atoms with Gasteiger partial charge in [0.2, 0.25) is 0 Å². The van der Waals surface area contributed by atoms with Gasteiger partial charge in [-0.3, -0.25) is 0 Å². The molecule has 156 valence electrons. The van der Waals surface area contributed by atoms with Gasteiger partial charge in [-0.1, -0.05) is 148 Å². The molecule has 32 heavy (non-hydrogen) atoms. The molecular formula is C32H28. The molecule has 0 aliphatic rings. The lowest BCUT2D eigenvalue weighted by atomic mass is 9.95. The van der Waals surface area contributed by atoms with Crippen LogP contribution in [0, 0.1) is 0 Å². The van der Waals surface area contributed by atoms with Crippen molar-refractivity contribution < 1.29 is 0 Å². The molecule has 0 N–H and O–H groups in total. The minimum atomic E-state index is 0.979. The Morgan fingerprint density at radius 3 is 0.594 bits per heavy atom. The predicted octanol–water partition coefficient (Wildman–Crippen LogP) is 8.83. The molecule has 0 saturated heterocycles. The third-order valence-corrected chi connectivity index (χ3v) is 5.22. The topological polar surface area (TPSA) is 0 Å². The van der Waals surface area contributed by atoms with Crippen LogP contribution < -0.4 is 0 Å². The predicted molar refractivity (Wildman–Crippen MR) is 142 cm³/mol. The second-order valence-corrected chi connectivity index (χ2v) is 7.38. The molecule has 0 bridgehead atoms. The molecule has 4 rings (SSSR count). The van der Waals surface area contributed by atoms with Gasteiger partial charge in [-0.15, -0.1) is 0 Å². The Morgan fingerprint density at radius 1 is 0.281 bits per heavy atom. The van der Waals surface area contributed by atoms with Crippen LogP contribution in [0.25, 0.3) is 22.3 Å². The van der Waals surface area contributed by atoms with Gasteiger partial charge in [0, 0.05) is 0 Å². The minimum absolute atomic E-state index is 0.979. The normalized spacial score (nSPS) is 9.75. The number of hydrogen-bond donors (Lipinski definition) is 0. The van der Waals surface area contributed by atoms with E-state index in [0.717, 1.165) is 44.5 Å². The number of benzene rings is 4. The zero-order valence-electron chi connectivity index (χ0n) is 18.4. The fourth-order valence-corrected chi connectivity index (χ4v) is 3.25. The van der Waals surface area contributed by atoms with Gasteiger partial charge in [-0.2, -0.15) is 0 Å². The van der Waals surface area contributed by atoms with Gasteiger partial charge in [-0.25, -0.2) is 0 Å². The highest BCUT2D eigenvalue weighted by molar-refractivity contribution is 6.03. The lowest BCUT2D eigenvalue weighted by molar-refractivity contribution is 1.60. The van der Waals surface area contributed by atoms with Crippen molar-refractivity contribution in [3.8, 4) is 0 Å². The average molecular weight is 413 g/mol. The second kappa shape index (κ2) is 11.3. The molecular weight excluding hydrogens is 384 g/mol. The van der Waals surface area contributed by atoms with Crippen LogP contribution in [0.2, 0.25) is 0 Å². The Kier molecular flexibility index (Phi) is 7.95. The Labute approximate surface area is 192 Å². The molecule has 0 atom stereocenters. The van der Waals surface area contributed by atoms with E-state index in [-0.39, 0.29) is 0 Å². The summed E-state index contributed by atoms with van der Waals surface area (Å²) in [5, 5.41) is 0. The van der Waals surface area contributed by atoms with Crippen molar-refractivity contribution in [2.45, 2.75) is 0 Å². The maximum Gasteiger partial charge on any atom is -0.0183 e. The Morgan fingerprint density at radius 2 is 0.438 bits per heavy atom. The summed E-state index contributed by atoms with van der Waals surface area (Å²) in [4.78, 5) is 0. The third-order valence-electron chi connectivity index (χ3n) is 5.22. The lowest BCUT2D eigenvalue weighted by Gasteiger charge is -2.09. The van der Waals surface area contributed by atoms with Gasteiger partial charge in [0.1, 0.15) is 0 Å². The van der Waals surface area contributed by atoms with E-state index in [4.69, 9.17) is 0 Å². The summed E-state index contributed by atoms with van der Waals surface area (Å²) in [6.07, 6.45) is 0. The monoisotopic (exact) mass is 412 g/mol. The van der Waals surface area contributed by atoms with Crippen molar-refractivity contribution >= 4 is 22.3 Å². The van der Waals surface area contributed by atoms with E-state index in [1.807, 2.05) is 72.8 Å². The standard InChI is InChI=1S/2C16H14/c2*1-13(15-9-5-3-6-10-15)14(2)16-11-7-4-8-12-16/h2*3-12H,1-2H2. The summed E-state index contributed by atoms with van der Waals surface area (Å²) < 4.78 is 0. The molecule has 0 nitrogen and oxygen atoms in total. The molecule has 0 aromatic heterocycles. The molecule has 0 radical (unpaired) electrons. The Bertz CT molecular complexity index is 984. The first kappa shape index (κ1) is 22.5. The molecule has 4 aromatic carbocycles. The van der Waals surface area contributed by atoms with Crippen LogP contribution in [0.1, 0.15) is 22.3 Å². The van der Waals surface area contributed by atoms with Crippen molar-refractivity contribution in [2.24, 2.45) is 0 Å². The van der Waals surface area contributed by atoms with E-state index in [9.17, 15) is 0 Å². The van der Waals surface area contributed by atoms with Gasteiger partial charge >= 0.3 is 0 Å². The van der Waals surface area contributed by atoms with Gasteiger partial charge in [0.05, 0.1) is 0 Å². The highest BCUT2D eigenvalue weighted by atomic mass is 14.1. The van der Waals surface area contributed by atoms with Crippen LogP contribution in [0.3, 0.4) is 0 Å². The summed E-state index contributed by atoms with van der Waals surface area (Å²) in [5.41, 5.74) is 8.40. The molecule has 0 aliphatic carbocycles. The molecule has 0 heteroatoms. The van der Waals surface area contributed by atoms with Crippen LogP contribution in [-0.4, -0.2) is 0 Å². The second-order valence-electron chi connectivity index (χ2n) is 7.38. The molecule has 0 spiro atoms. The quantitative estimate of drug-likeness (QED) is 0.277. The van der Waals surface area contributed by atoms with Crippen LogP contribution in [0.5, 0.6) is 0 Å². The van der Waals surface area contributed by atoms with Crippen molar-refractivity contribution in [1.82, 2.24) is 0 Å². The van der Waals surface area contributed by atoms with Gasteiger partial charge in [0.15, 0.2) is 0 Å². The van der Waals surface area contributed by atoms with Crippen molar-refractivity contribution in [3.63, 3.8) is 0 Å². The Balaban J connectivity index is 0.000000181. The van der Waals surface area contributed by atoms with E-state index in [0.29, 0.717) is 0 Å².